The molecule has 0 atom stereocenters. The summed E-state index contributed by atoms with van der Waals surface area (Å²) in [7, 11) is 1.33. The standard InChI is InChI=1S/C13H24BrNO3/c1-6-10(7-2)8-15(9-11(16)18-5)12(17)13(3,4)14/h10H,6-9H2,1-5H3. The van der Waals surface area contributed by atoms with Crippen LogP contribution in [0.5, 0.6) is 0 Å². The van der Waals surface area contributed by atoms with Gasteiger partial charge in [-0.3, -0.25) is 9.59 Å². The number of ether oxygens (including phenoxy) is 1. The largest absolute Gasteiger partial charge is 0.468 e. The summed E-state index contributed by atoms with van der Waals surface area (Å²) in [6, 6.07) is 0. The summed E-state index contributed by atoms with van der Waals surface area (Å²) in [6.07, 6.45) is 1.98. The fraction of sp³-hybridized carbons (Fsp3) is 0.846. The highest BCUT2D eigenvalue weighted by molar-refractivity contribution is 9.10. The van der Waals surface area contributed by atoms with Crippen LogP contribution in [0.2, 0.25) is 0 Å². The number of esters is 1. The number of hydrogen-bond acceptors (Lipinski definition) is 3. The monoisotopic (exact) mass is 321 g/mol. The average molecular weight is 322 g/mol. The number of alkyl halides is 1. The van der Waals surface area contributed by atoms with Crippen molar-refractivity contribution in [1.82, 2.24) is 4.90 Å². The second kappa shape index (κ2) is 7.77. The van der Waals surface area contributed by atoms with Gasteiger partial charge in [0.25, 0.3) is 0 Å². The Bertz CT molecular complexity index is 282. The lowest BCUT2D eigenvalue weighted by Crippen LogP contribution is -2.46. The van der Waals surface area contributed by atoms with Crippen molar-refractivity contribution < 1.29 is 14.3 Å². The zero-order chi connectivity index (χ0) is 14.3. The van der Waals surface area contributed by atoms with Gasteiger partial charge in [0.05, 0.1) is 11.4 Å². The maximum atomic E-state index is 12.3. The molecular formula is C13H24BrNO3. The van der Waals surface area contributed by atoms with Gasteiger partial charge in [-0.15, -0.1) is 0 Å². The zero-order valence-electron chi connectivity index (χ0n) is 12.0. The van der Waals surface area contributed by atoms with Crippen molar-refractivity contribution in [3.8, 4) is 0 Å². The Labute approximate surface area is 118 Å². The Morgan fingerprint density at radius 2 is 1.78 bits per heavy atom. The summed E-state index contributed by atoms with van der Waals surface area (Å²) in [6.45, 7) is 8.36. The molecule has 0 unspecified atom stereocenters. The zero-order valence-corrected chi connectivity index (χ0v) is 13.5. The molecule has 0 aliphatic carbocycles. The van der Waals surface area contributed by atoms with Crippen molar-refractivity contribution in [2.75, 3.05) is 20.2 Å². The molecule has 0 heterocycles. The van der Waals surface area contributed by atoms with Crippen molar-refractivity contribution in [2.24, 2.45) is 5.92 Å². The third-order valence-electron chi connectivity index (χ3n) is 2.98. The first-order valence-electron chi connectivity index (χ1n) is 6.31. The van der Waals surface area contributed by atoms with E-state index in [1.165, 1.54) is 7.11 Å². The minimum atomic E-state index is -0.660. The molecule has 0 spiro atoms. The van der Waals surface area contributed by atoms with Gasteiger partial charge < -0.3 is 9.64 Å². The van der Waals surface area contributed by atoms with Crippen molar-refractivity contribution in [3.63, 3.8) is 0 Å². The Morgan fingerprint density at radius 1 is 1.28 bits per heavy atom. The number of amides is 1. The van der Waals surface area contributed by atoms with Crippen LogP contribution in [0, 0.1) is 5.92 Å². The van der Waals surface area contributed by atoms with Crippen LogP contribution in [-0.4, -0.2) is 41.3 Å². The number of halogens is 1. The Morgan fingerprint density at radius 3 is 2.11 bits per heavy atom. The van der Waals surface area contributed by atoms with Crippen molar-refractivity contribution >= 4 is 27.8 Å². The molecule has 5 heteroatoms. The van der Waals surface area contributed by atoms with E-state index in [4.69, 9.17) is 0 Å². The van der Waals surface area contributed by atoms with Gasteiger partial charge in [-0.2, -0.15) is 0 Å². The van der Waals surface area contributed by atoms with E-state index in [9.17, 15) is 9.59 Å². The van der Waals surface area contributed by atoms with Gasteiger partial charge >= 0.3 is 5.97 Å². The van der Waals surface area contributed by atoms with Crippen LogP contribution in [0.3, 0.4) is 0 Å². The molecule has 0 saturated heterocycles. The van der Waals surface area contributed by atoms with E-state index in [-0.39, 0.29) is 18.4 Å². The van der Waals surface area contributed by atoms with Crippen LogP contribution >= 0.6 is 15.9 Å². The van der Waals surface area contributed by atoms with Crippen molar-refractivity contribution in [2.45, 2.75) is 44.9 Å². The molecular weight excluding hydrogens is 298 g/mol. The summed E-state index contributed by atoms with van der Waals surface area (Å²) in [5, 5.41) is 0. The number of hydrogen-bond donors (Lipinski definition) is 0. The minimum absolute atomic E-state index is 0.0147. The predicted octanol–water partition coefficient (Wildman–Crippen LogP) is 2.60. The summed E-state index contributed by atoms with van der Waals surface area (Å²) >= 11 is 3.35. The van der Waals surface area contributed by atoms with Crippen LogP contribution in [0.1, 0.15) is 40.5 Å². The number of carbonyl (C=O) groups is 2. The summed E-state index contributed by atoms with van der Waals surface area (Å²) in [5.74, 6) is -0.0562. The van der Waals surface area contributed by atoms with Crippen LogP contribution in [-0.2, 0) is 14.3 Å². The van der Waals surface area contributed by atoms with E-state index < -0.39 is 4.32 Å². The first-order chi connectivity index (χ1) is 8.26. The molecule has 106 valence electrons. The van der Waals surface area contributed by atoms with Gasteiger partial charge in [-0.25, -0.2) is 0 Å². The maximum absolute atomic E-state index is 12.3. The molecule has 0 bridgehead atoms. The molecule has 0 aromatic carbocycles. The minimum Gasteiger partial charge on any atom is -0.468 e. The molecule has 0 aliphatic rings. The molecule has 4 nitrogen and oxygen atoms in total. The first kappa shape index (κ1) is 17.4. The molecule has 1 amide bonds. The molecule has 0 fully saturated rings. The molecule has 18 heavy (non-hydrogen) atoms. The first-order valence-corrected chi connectivity index (χ1v) is 7.10. The lowest BCUT2D eigenvalue weighted by Gasteiger charge is -2.30. The highest BCUT2D eigenvalue weighted by atomic mass is 79.9. The van der Waals surface area contributed by atoms with E-state index in [1.807, 2.05) is 0 Å². The Balaban J connectivity index is 4.82. The number of methoxy groups -OCH3 is 1. The van der Waals surface area contributed by atoms with Crippen LogP contribution in [0.4, 0.5) is 0 Å². The van der Waals surface area contributed by atoms with Gasteiger partial charge in [0.2, 0.25) is 5.91 Å². The quantitative estimate of drug-likeness (QED) is 0.535. The van der Waals surface area contributed by atoms with Gasteiger partial charge in [0, 0.05) is 6.54 Å². The topological polar surface area (TPSA) is 46.6 Å². The van der Waals surface area contributed by atoms with Gasteiger partial charge in [0.15, 0.2) is 0 Å². The average Bonchev–Trinajstić information content (AvgIpc) is 2.31. The SMILES string of the molecule is CCC(CC)CN(CC(=O)OC)C(=O)C(C)(C)Br. The van der Waals surface area contributed by atoms with Gasteiger partial charge in [0.1, 0.15) is 6.54 Å². The Kier molecular flexibility index (Phi) is 7.52. The molecule has 0 radical (unpaired) electrons. The molecule has 0 rings (SSSR count). The highest BCUT2D eigenvalue weighted by Gasteiger charge is 2.31. The number of nitrogens with zero attached hydrogens (tertiary/aromatic N) is 1. The van der Waals surface area contributed by atoms with E-state index in [1.54, 1.807) is 18.7 Å². The number of carbonyl (C=O) groups excluding carboxylic acids is 2. The molecule has 0 saturated carbocycles. The van der Waals surface area contributed by atoms with Crippen molar-refractivity contribution in [1.29, 1.82) is 0 Å². The summed E-state index contributed by atoms with van der Waals surface area (Å²) in [4.78, 5) is 25.2. The predicted molar refractivity (Wildman–Crippen MR) is 75.7 cm³/mol. The second-order valence-corrected chi connectivity index (χ2v) is 6.90. The fourth-order valence-electron chi connectivity index (χ4n) is 1.67. The fourth-order valence-corrected chi connectivity index (χ4v) is 1.92. The molecule has 0 aromatic heterocycles. The van der Waals surface area contributed by atoms with Crippen LogP contribution in [0.25, 0.3) is 0 Å². The van der Waals surface area contributed by atoms with Gasteiger partial charge in [-0.1, -0.05) is 42.6 Å². The third-order valence-corrected chi connectivity index (χ3v) is 3.32. The molecule has 0 aromatic rings. The maximum Gasteiger partial charge on any atom is 0.325 e. The Hall–Kier alpha value is -0.580. The summed E-state index contributed by atoms with van der Waals surface area (Å²) in [5.41, 5.74) is 0. The normalized spacial score (nSPS) is 11.5. The van der Waals surface area contributed by atoms with Crippen LogP contribution < -0.4 is 0 Å². The van der Waals surface area contributed by atoms with Crippen LogP contribution in [0.15, 0.2) is 0 Å². The smallest absolute Gasteiger partial charge is 0.325 e. The lowest BCUT2D eigenvalue weighted by molar-refractivity contribution is -0.148. The number of rotatable bonds is 7. The molecule has 0 N–H and O–H groups in total. The van der Waals surface area contributed by atoms with Crippen molar-refractivity contribution in [3.05, 3.63) is 0 Å². The van der Waals surface area contributed by atoms with E-state index in [0.29, 0.717) is 12.5 Å². The molecule has 0 aliphatic heterocycles. The second-order valence-electron chi connectivity index (χ2n) is 4.92. The lowest BCUT2D eigenvalue weighted by atomic mass is 10.0. The van der Waals surface area contributed by atoms with E-state index >= 15 is 0 Å². The van der Waals surface area contributed by atoms with Gasteiger partial charge in [-0.05, 0) is 19.8 Å². The summed E-state index contributed by atoms with van der Waals surface area (Å²) < 4.78 is 3.98. The highest BCUT2D eigenvalue weighted by Crippen LogP contribution is 2.21. The van der Waals surface area contributed by atoms with E-state index in [0.717, 1.165) is 12.8 Å². The third kappa shape index (κ3) is 5.85. The van der Waals surface area contributed by atoms with E-state index in [2.05, 4.69) is 34.5 Å².